The number of esters is 1. The molecule has 5 nitrogen and oxygen atoms in total. The van der Waals surface area contributed by atoms with Gasteiger partial charge >= 0.3 is 5.97 Å². The van der Waals surface area contributed by atoms with Crippen LogP contribution >= 0.6 is 0 Å². The van der Waals surface area contributed by atoms with E-state index in [1.165, 1.54) is 20.0 Å². The van der Waals surface area contributed by atoms with Crippen molar-refractivity contribution in [3.05, 3.63) is 23.9 Å². The molecule has 1 saturated heterocycles. The molecule has 0 bridgehead atoms. The SMILES string of the molecule is CCN1CCCC1CNc1ncccc1C(=O)OC. The molecular formula is C14H21N3O2. The maximum absolute atomic E-state index is 11.6. The third-order valence-electron chi connectivity index (χ3n) is 3.62. The molecule has 0 amide bonds. The zero-order valence-electron chi connectivity index (χ0n) is 11.6. The fourth-order valence-electron chi connectivity index (χ4n) is 2.58. The van der Waals surface area contributed by atoms with E-state index >= 15 is 0 Å². The number of ether oxygens (including phenoxy) is 1. The van der Waals surface area contributed by atoms with Gasteiger partial charge in [0.1, 0.15) is 11.4 Å². The standard InChI is InChI=1S/C14H21N3O2/c1-3-17-9-5-6-11(17)10-16-13-12(14(18)19-2)7-4-8-15-13/h4,7-8,11H,3,5-6,9-10H2,1-2H3,(H,15,16). The number of anilines is 1. The number of carbonyl (C=O) groups is 1. The molecule has 0 spiro atoms. The van der Waals surface area contributed by atoms with Crippen LogP contribution in [-0.4, -0.2) is 48.6 Å². The van der Waals surface area contributed by atoms with Crippen molar-refractivity contribution in [3.8, 4) is 0 Å². The first-order valence-electron chi connectivity index (χ1n) is 6.77. The summed E-state index contributed by atoms with van der Waals surface area (Å²) < 4.78 is 4.76. The Balaban J connectivity index is 2.01. The second-order valence-electron chi connectivity index (χ2n) is 4.70. The number of carbonyl (C=O) groups excluding carboxylic acids is 1. The average Bonchev–Trinajstić information content (AvgIpc) is 2.92. The molecule has 1 aliphatic rings. The highest BCUT2D eigenvalue weighted by Gasteiger charge is 2.23. The van der Waals surface area contributed by atoms with E-state index in [0.717, 1.165) is 19.6 Å². The summed E-state index contributed by atoms with van der Waals surface area (Å²) in [4.78, 5) is 18.3. The van der Waals surface area contributed by atoms with E-state index in [1.54, 1.807) is 18.3 Å². The van der Waals surface area contributed by atoms with E-state index in [-0.39, 0.29) is 5.97 Å². The van der Waals surface area contributed by atoms with Crippen LogP contribution in [0.25, 0.3) is 0 Å². The fourth-order valence-corrected chi connectivity index (χ4v) is 2.58. The lowest BCUT2D eigenvalue weighted by Crippen LogP contribution is -2.35. The second kappa shape index (κ2) is 6.52. The number of pyridine rings is 1. The first kappa shape index (κ1) is 13.8. The molecule has 0 saturated carbocycles. The molecule has 2 heterocycles. The van der Waals surface area contributed by atoms with Gasteiger partial charge in [-0.05, 0) is 38.1 Å². The van der Waals surface area contributed by atoms with Gasteiger partial charge in [0.25, 0.3) is 0 Å². The minimum absolute atomic E-state index is 0.352. The Morgan fingerprint density at radius 3 is 3.21 bits per heavy atom. The van der Waals surface area contributed by atoms with Crippen molar-refractivity contribution in [2.75, 3.05) is 32.1 Å². The number of likely N-dealkylation sites (tertiary alicyclic amines) is 1. The van der Waals surface area contributed by atoms with E-state index in [9.17, 15) is 4.79 Å². The molecule has 1 aromatic heterocycles. The Labute approximate surface area is 114 Å². The molecule has 0 aliphatic carbocycles. The summed E-state index contributed by atoms with van der Waals surface area (Å²) >= 11 is 0. The van der Waals surface area contributed by atoms with E-state index < -0.39 is 0 Å². The van der Waals surface area contributed by atoms with Gasteiger partial charge in [0.15, 0.2) is 0 Å². The monoisotopic (exact) mass is 263 g/mol. The number of nitrogens with one attached hydrogen (secondary N) is 1. The van der Waals surface area contributed by atoms with Crippen LogP contribution in [0.2, 0.25) is 0 Å². The molecule has 5 heteroatoms. The largest absolute Gasteiger partial charge is 0.465 e. The first-order chi connectivity index (χ1) is 9.26. The molecule has 19 heavy (non-hydrogen) atoms. The molecule has 1 atom stereocenters. The van der Waals surface area contributed by atoms with Crippen LogP contribution in [0.15, 0.2) is 18.3 Å². The molecule has 1 unspecified atom stereocenters. The van der Waals surface area contributed by atoms with Crippen molar-refractivity contribution in [3.63, 3.8) is 0 Å². The number of methoxy groups -OCH3 is 1. The van der Waals surface area contributed by atoms with Gasteiger partial charge < -0.3 is 10.1 Å². The van der Waals surface area contributed by atoms with Crippen LogP contribution in [0.4, 0.5) is 5.82 Å². The lowest BCUT2D eigenvalue weighted by atomic mass is 10.2. The van der Waals surface area contributed by atoms with Gasteiger partial charge in [0, 0.05) is 18.8 Å². The number of likely N-dealkylation sites (N-methyl/N-ethyl adjacent to an activating group) is 1. The Hall–Kier alpha value is -1.62. The summed E-state index contributed by atoms with van der Waals surface area (Å²) in [6.45, 7) is 5.22. The molecule has 104 valence electrons. The van der Waals surface area contributed by atoms with E-state index in [4.69, 9.17) is 4.74 Å². The molecule has 0 aromatic carbocycles. The van der Waals surface area contributed by atoms with Gasteiger partial charge in [0.05, 0.1) is 7.11 Å². The van der Waals surface area contributed by atoms with Gasteiger partial charge in [-0.25, -0.2) is 9.78 Å². The predicted octanol–water partition coefficient (Wildman–Crippen LogP) is 1.76. The van der Waals surface area contributed by atoms with Crippen LogP contribution in [0, 0.1) is 0 Å². The van der Waals surface area contributed by atoms with Gasteiger partial charge in [-0.3, -0.25) is 4.90 Å². The number of aromatic nitrogens is 1. The highest BCUT2D eigenvalue weighted by molar-refractivity contribution is 5.94. The summed E-state index contributed by atoms with van der Waals surface area (Å²) in [5.41, 5.74) is 0.492. The third-order valence-corrected chi connectivity index (χ3v) is 3.62. The fraction of sp³-hybridized carbons (Fsp3) is 0.571. The van der Waals surface area contributed by atoms with Crippen LogP contribution in [0.5, 0.6) is 0 Å². The molecule has 0 radical (unpaired) electrons. The van der Waals surface area contributed by atoms with Crippen LogP contribution in [0.1, 0.15) is 30.1 Å². The zero-order valence-corrected chi connectivity index (χ0v) is 11.6. The highest BCUT2D eigenvalue weighted by atomic mass is 16.5. The Kier molecular flexibility index (Phi) is 4.74. The summed E-state index contributed by atoms with van der Waals surface area (Å²) in [7, 11) is 1.38. The van der Waals surface area contributed by atoms with Crippen molar-refractivity contribution in [1.29, 1.82) is 0 Å². The van der Waals surface area contributed by atoms with Crippen molar-refractivity contribution >= 4 is 11.8 Å². The first-order valence-corrected chi connectivity index (χ1v) is 6.77. The lowest BCUT2D eigenvalue weighted by Gasteiger charge is -2.23. The predicted molar refractivity (Wildman–Crippen MR) is 74.3 cm³/mol. The second-order valence-corrected chi connectivity index (χ2v) is 4.70. The van der Waals surface area contributed by atoms with Gasteiger partial charge in [-0.2, -0.15) is 0 Å². The minimum Gasteiger partial charge on any atom is -0.465 e. The zero-order chi connectivity index (χ0) is 13.7. The number of nitrogens with zero attached hydrogens (tertiary/aromatic N) is 2. The maximum Gasteiger partial charge on any atom is 0.341 e. The van der Waals surface area contributed by atoms with E-state index in [2.05, 4.69) is 22.1 Å². The summed E-state index contributed by atoms with van der Waals surface area (Å²) in [6, 6.07) is 4.00. The molecule has 1 fully saturated rings. The molecule has 1 aromatic rings. The Bertz CT molecular complexity index is 436. The van der Waals surface area contributed by atoms with Crippen molar-refractivity contribution < 1.29 is 9.53 Å². The minimum atomic E-state index is -0.352. The van der Waals surface area contributed by atoms with Crippen molar-refractivity contribution in [2.45, 2.75) is 25.8 Å². The number of hydrogen-bond acceptors (Lipinski definition) is 5. The van der Waals surface area contributed by atoms with Gasteiger partial charge in [0.2, 0.25) is 0 Å². The quantitative estimate of drug-likeness (QED) is 0.820. The van der Waals surface area contributed by atoms with Crippen LogP contribution in [0.3, 0.4) is 0 Å². The number of rotatable bonds is 5. The lowest BCUT2D eigenvalue weighted by molar-refractivity contribution is 0.0601. The van der Waals surface area contributed by atoms with Gasteiger partial charge in [-0.15, -0.1) is 0 Å². The van der Waals surface area contributed by atoms with Crippen molar-refractivity contribution in [1.82, 2.24) is 9.88 Å². The normalized spacial score (nSPS) is 19.4. The Morgan fingerprint density at radius 1 is 1.63 bits per heavy atom. The third kappa shape index (κ3) is 3.23. The number of hydrogen-bond donors (Lipinski definition) is 1. The summed E-state index contributed by atoms with van der Waals surface area (Å²) in [6.07, 6.45) is 4.12. The molecular weight excluding hydrogens is 242 g/mol. The smallest absolute Gasteiger partial charge is 0.341 e. The van der Waals surface area contributed by atoms with E-state index in [0.29, 0.717) is 17.4 Å². The van der Waals surface area contributed by atoms with Crippen LogP contribution < -0.4 is 5.32 Å². The maximum atomic E-state index is 11.6. The average molecular weight is 263 g/mol. The topological polar surface area (TPSA) is 54.5 Å². The van der Waals surface area contributed by atoms with E-state index in [1.807, 2.05) is 0 Å². The van der Waals surface area contributed by atoms with Crippen LogP contribution in [-0.2, 0) is 4.74 Å². The highest BCUT2D eigenvalue weighted by Crippen LogP contribution is 2.18. The molecule has 1 aliphatic heterocycles. The summed E-state index contributed by atoms with van der Waals surface area (Å²) in [5.74, 6) is 0.256. The molecule has 2 rings (SSSR count). The van der Waals surface area contributed by atoms with Crippen molar-refractivity contribution in [2.24, 2.45) is 0 Å². The summed E-state index contributed by atoms with van der Waals surface area (Å²) in [5, 5.41) is 3.28. The van der Waals surface area contributed by atoms with Gasteiger partial charge in [-0.1, -0.05) is 6.92 Å². The molecule has 1 N–H and O–H groups in total. The Morgan fingerprint density at radius 2 is 2.47 bits per heavy atom.